The third-order valence-electron chi connectivity index (χ3n) is 11.6. The number of carbonyl (C=O) groups is 3. The highest BCUT2D eigenvalue weighted by Crippen LogP contribution is 2.46. The number of carbonyl (C=O) groups excluding carboxylic acids is 2. The van der Waals surface area contributed by atoms with E-state index in [1.54, 1.807) is 6.20 Å². The summed E-state index contributed by atoms with van der Waals surface area (Å²) in [5, 5.41) is 50.0. The predicted octanol–water partition coefficient (Wildman–Crippen LogP) is 4.68. The molecule has 56 heavy (non-hydrogen) atoms. The van der Waals surface area contributed by atoms with E-state index in [4.69, 9.17) is 16.8 Å². The topological polar surface area (TPSA) is 238 Å². The number of carboxylic acid groups (broad SMARTS) is 1. The number of aliphatic hydroxyl groups excluding tert-OH is 3. The highest BCUT2D eigenvalue weighted by Gasteiger charge is 2.36. The zero-order chi connectivity index (χ0) is 40.0. The van der Waals surface area contributed by atoms with Gasteiger partial charge in [-0.1, -0.05) is 60.9 Å². The van der Waals surface area contributed by atoms with Gasteiger partial charge in [-0.3, -0.25) is 0 Å². The van der Waals surface area contributed by atoms with E-state index in [0.717, 1.165) is 67.4 Å². The van der Waals surface area contributed by atoms with Crippen molar-refractivity contribution < 1.29 is 34.8 Å². The first kappa shape index (κ1) is 42.6. The normalized spacial score (nSPS) is 21.9. The van der Waals surface area contributed by atoms with Gasteiger partial charge in [0.25, 0.3) is 0 Å². The fourth-order valence-corrected chi connectivity index (χ4v) is 8.69. The average Bonchev–Trinajstić information content (AvgIpc) is 3.70. The predicted molar refractivity (Wildman–Crippen MR) is 218 cm³/mol. The Kier molecular flexibility index (Phi) is 16.0. The summed E-state index contributed by atoms with van der Waals surface area (Å²) in [6, 6.07) is 12.5. The van der Waals surface area contributed by atoms with Crippen molar-refractivity contribution in [2.75, 3.05) is 13.2 Å². The lowest BCUT2D eigenvalue weighted by molar-refractivity contribution is -0.131. The van der Waals surface area contributed by atoms with Gasteiger partial charge in [-0.15, -0.1) is 0 Å². The molecule has 1 aromatic heterocycles. The minimum atomic E-state index is -1.13. The van der Waals surface area contributed by atoms with Crippen LogP contribution >= 0.6 is 0 Å². The summed E-state index contributed by atoms with van der Waals surface area (Å²) in [6.07, 6.45) is 12.0. The summed E-state index contributed by atoms with van der Waals surface area (Å²) in [5.74, 6) is -0.336. The number of nitrogens with two attached hydrogens (primary N) is 2. The molecule has 2 aliphatic rings. The highest BCUT2D eigenvalue weighted by atomic mass is 16.4. The van der Waals surface area contributed by atoms with Gasteiger partial charge in [-0.2, -0.15) is 0 Å². The van der Waals surface area contributed by atoms with Crippen molar-refractivity contribution in [3.63, 3.8) is 0 Å². The third kappa shape index (κ3) is 11.7. The minimum absolute atomic E-state index is 0.0637. The van der Waals surface area contributed by atoms with Gasteiger partial charge in [0.15, 0.2) is 5.96 Å². The van der Waals surface area contributed by atoms with Crippen LogP contribution in [0.1, 0.15) is 93.2 Å². The number of benzene rings is 2. The molecule has 0 saturated heterocycles. The van der Waals surface area contributed by atoms with Gasteiger partial charge < -0.3 is 57.1 Å². The van der Waals surface area contributed by atoms with Crippen LogP contribution in [0.15, 0.2) is 65.3 Å². The molecule has 3 aromatic rings. The molecule has 0 spiro atoms. The molecule has 2 aromatic carbocycles. The molecular formula is C43H59N6O7-. The SMILES string of the molecule is NC1=N[C@H](/C(=C\C(=O)O)[C@@H](C[C@H]2CCc3cc4ccc(CC=O)cc4cc3[C@@H]2CCC[C@@H](N)CC[C@H](C=O)CCCO)[N-]c2ccc[nH]2)C[C@H]([C@H](O)CCO)N1. The molecule has 10 N–H and O–H groups in total. The van der Waals surface area contributed by atoms with Crippen LogP contribution in [0.2, 0.25) is 0 Å². The van der Waals surface area contributed by atoms with Gasteiger partial charge in [0.1, 0.15) is 12.6 Å². The van der Waals surface area contributed by atoms with Gasteiger partial charge in [0.05, 0.1) is 18.2 Å². The lowest BCUT2D eigenvalue weighted by atomic mass is 9.69. The number of carboxylic acids is 1. The number of aldehydes is 2. The second-order valence-electron chi connectivity index (χ2n) is 15.6. The Balaban J connectivity index is 1.47. The van der Waals surface area contributed by atoms with E-state index in [9.17, 15) is 34.8 Å². The Bertz CT molecular complexity index is 1800. The molecular weight excluding hydrogens is 713 g/mol. The number of hydrogen-bond donors (Lipinski definition) is 8. The maximum Gasteiger partial charge on any atom is 0.328 e. The molecule has 13 heteroatoms. The number of rotatable bonds is 23. The third-order valence-corrected chi connectivity index (χ3v) is 11.6. The van der Waals surface area contributed by atoms with E-state index in [-0.39, 0.29) is 55.8 Å². The smallest absolute Gasteiger partial charge is 0.328 e. The largest absolute Gasteiger partial charge is 0.478 e. The van der Waals surface area contributed by atoms with Gasteiger partial charge in [-0.05, 0) is 122 Å². The molecule has 0 unspecified atom stereocenters. The van der Waals surface area contributed by atoms with Gasteiger partial charge in [-0.25, -0.2) is 9.79 Å². The molecule has 13 nitrogen and oxygen atoms in total. The number of guanidine groups is 1. The molecule has 0 radical (unpaired) electrons. The first-order chi connectivity index (χ1) is 27.1. The average molecular weight is 772 g/mol. The summed E-state index contributed by atoms with van der Waals surface area (Å²) in [4.78, 5) is 43.3. The molecule has 5 rings (SSSR count). The molecule has 0 amide bonds. The monoisotopic (exact) mass is 771 g/mol. The first-order valence-corrected chi connectivity index (χ1v) is 20.1. The number of H-pyrrole nitrogens is 1. The molecule has 2 heterocycles. The lowest BCUT2D eigenvalue weighted by Crippen LogP contribution is -2.52. The number of hydrogen-bond acceptors (Lipinski definition) is 10. The van der Waals surface area contributed by atoms with Crippen molar-refractivity contribution in [3.8, 4) is 0 Å². The van der Waals surface area contributed by atoms with E-state index in [0.29, 0.717) is 43.5 Å². The van der Waals surface area contributed by atoms with Crippen molar-refractivity contribution in [2.24, 2.45) is 28.3 Å². The highest BCUT2D eigenvalue weighted by molar-refractivity contribution is 5.86. The Labute approximate surface area is 329 Å². The van der Waals surface area contributed by atoms with Crippen LogP contribution in [0.25, 0.3) is 16.1 Å². The number of aromatic nitrogens is 1. The van der Waals surface area contributed by atoms with Crippen molar-refractivity contribution >= 4 is 41.1 Å². The van der Waals surface area contributed by atoms with Gasteiger partial charge in [0, 0.05) is 37.7 Å². The number of aliphatic imine (C=N–C) groups is 1. The molecule has 304 valence electrons. The Hall–Kier alpha value is -4.56. The Morgan fingerprint density at radius 3 is 2.57 bits per heavy atom. The molecule has 0 bridgehead atoms. The second-order valence-corrected chi connectivity index (χ2v) is 15.6. The van der Waals surface area contributed by atoms with Crippen LogP contribution in [-0.4, -0.2) is 93.4 Å². The molecule has 0 saturated carbocycles. The number of nitrogens with zero attached hydrogens (tertiary/aromatic N) is 2. The van der Waals surface area contributed by atoms with E-state index in [1.807, 2.05) is 18.2 Å². The van der Waals surface area contributed by atoms with Crippen molar-refractivity contribution in [1.82, 2.24) is 10.3 Å². The van der Waals surface area contributed by atoms with E-state index in [1.165, 1.54) is 17.2 Å². The van der Waals surface area contributed by atoms with Gasteiger partial charge >= 0.3 is 5.97 Å². The second kappa shape index (κ2) is 21.1. The summed E-state index contributed by atoms with van der Waals surface area (Å²) in [6.45, 7) is -0.148. The quantitative estimate of drug-likeness (QED) is 0.0489. The molecule has 1 aliphatic heterocycles. The fraction of sp³-hybridized carbons (Fsp3) is 0.535. The maximum atomic E-state index is 12.5. The lowest BCUT2D eigenvalue weighted by Gasteiger charge is -2.41. The van der Waals surface area contributed by atoms with Crippen LogP contribution < -0.4 is 16.8 Å². The number of aryl methyl sites for hydroxylation is 1. The number of aliphatic hydroxyl groups is 3. The number of fused-ring (bicyclic) bond motifs is 2. The first-order valence-electron chi connectivity index (χ1n) is 20.1. The Morgan fingerprint density at radius 2 is 1.86 bits per heavy atom. The standard InChI is InChI=1S/C43H59N6O7/c44-33(13-9-28(26-53)4-3-17-50)5-1-6-34-31(12-11-30-21-29-10-8-27(14-18-51)20-32(29)22-35(30)34)23-37(47-41-7-2-16-46-41)36(24-42(55)56)38-25-39(40(54)15-19-52)49-43(45)48-38/h2,7-8,10,16,18,20-22,24,26,28,31,33-34,37-40,46,50,52,54H,1,3-6,9,11-15,17,19,23,25,44H2,(H,55,56)(H3,45,48,49)/q-1/b36-24-/t28-,31-,33-,34-,37-,38+,39-,40-/m1/s1. The molecule has 0 fully saturated rings. The van der Waals surface area contributed by atoms with E-state index < -0.39 is 30.2 Å². The maximum absolute atomic E-state index is 12.5. The van der Waals surface area contributed by atoms with Crippen LogP contribution in [0, 0.1) is 11.8 Å². The van der Waals surface area contributed by atoms with Crippen molar-refractivity contribution in [1.29, 1.82) is 0 Å². The zero-order valence-corrected chi connectivity index (χ0v) is 32.1. The van der Waals surface area contributed by atoms with Crippen LogP contribution in [0.4, 0.5) is 5.82 Å². The zero-order valence-electron chi connectivity index (χ0n) is 32.1. The number of aromatic amines is 1. The van der Waals surface area contributed by atoms with Crippen LogP contribution in [0.3, 0.4) is 0 Å². The number of aliphatic carboxylic acids is 1. The summed E-state index contributed by atoms with van der Waals surface area (Å²) in [5.41, 5.74) is 16.8. The Morgan fingerprint density at radius 1 is 1.02 bits per heavy atom. The van der Waals surface area contributed by atoms with Crippen molar-refractivity contribution in [3.05, 3.63) is 82.3 Å². The summed E-state index contributed by atoms with van der Waals surface area (Å²) in [7, 11) is 0. The van der Waals surface area contributed by atoms with E-state index >= 15 is 0 Å². The van der Waals surface area contributed by atoms with Gasteiger partial charge in [0.2, 0.25) is 0 Å². The minimum Gasteiger partial charge on any atom is -0.478 e. The molecule has 1 aliphatic carbocycles. The van der Waals surface area contributed by atoms with Crippen molar-refractivity contribution in [2.45, 2.75) is 120 Å². The fourth-order valence-electron chi connectivity index (χ4n) is 8.69. The van der Waals surface area contributed by atoms with Crippen LogP contribution in [-0.2, 0) is 27.2 Å². The molecule has 8 atom stereocenters. The number of nitrogens with one attached hydrogen (secondary N) is 2. The summed E-state index contributed by atoms with van der Waals surface area (Å²) >= 11 is 0. The van der Waals surface area contributed by atoms with E-state index in [2.05, 4.69) is 39.6 Å². The summed E-state index contributed by atoms with van der Waals surface area (Å²) < 4.78 is 0. The van der Waals surface area contributed by atoms with Crippen LogP contribution in [0.5, 0.6) is 0 Å².